The maximum atomic E-state index is 6.29. The van der Waals surface area contributed by atoms with Crippen LogP contribution in [0, 0.1) is 0 Å². The summed E-state index contributed by atoms with van der Waals surface area (Å²) in [6.07, 6.45) is 1.79. The lowest BCUT2D eigenvalue weighted by Gasteiger charge is -2.14. The molecule has 0 saturated carbocycles. The quantitative estimate of drug-likeness (QED) is 0.654. The lowest BCUT2D eigenvalue weighted by Crippen LogP contribution is -1.96. The number of benzene rings is 3. The summed E-state index contributed by atoms with van der Waals surface area (Å²) in [6, 6.07) is 20.6. The van der Waals surface area contributed by atoms with E-state index >= 15 is 0 Å². The molecule has 3 aromatic carbocycles. The highest BCUT2D eigenvalue weighted by Crippen LogP contribution is 2.42. The Hall–Kier alpha value is -2.94. The van der Waals surface area contributed by atoms with Gasteiger partial charge in [0.15, 0.2) is 0 Å². The van der Waals surface area contributed by atoms with Crippen LogP contribution in [0.4, 0.5) is 0 Å². The van der Waals surface area contributed by atoms with Crippen LogP contribution in [0.25, 0.3) is 11.1 Å². The normalized spacial score (nSPS) is 12.4. The zero-order chi connectivity index (χ0) is 17.2. The van der Waals surface area contributed by atoms with Crippen LogP contribution in [-0.2, 0) is 12.8 Å². The summed E-state index contributed by atoms with van der Waals surface area (Å²) in [5.41, 5.74) is 4.62. The van der Waals surface area contributed by atoms with E-state index in [1.54, 1.807) is 14.2 Å². The second kappa shape index (κ2) is 6.52. The highest BCUT2D eigenvalue weighted by atomic mass is 16.5. The first-order valence-electron chi connectivity index (χ1n) is 8.39. The minimum absolute atomic E-state index is 0.735. The number of ether oxygens (including phenoxy) is 3. The Bertz CT molecular complexity index is 901. The summed E-state index contributed by atoms with van der Waals surface area (Å²) < 4.78 is 17.2. The SMILES string of the molecule is COc1cc(OC)c2c(c1)Oc1cc(-c3ccccc3)ccc1CC2. The summed E-state index contributed by atoms with van der Waals surface area (Å²) in [7, 11) is 3.33. The molecule has 3 heteroatoms. The molecule has 3 aromatic rings. The Kier molecular flexibility index (Phi) is 4.06. The molecule has 0 N–H and O–H groups in total. The van der Waals surface area contributed by atoms with Gasteiger partial charge in [-0.15, -0.1) is 0 Å². The van der Waals surface area contributed by atoms with Crippen molar-refractivity contribution in [3.63, 3.8) is 0 Å². The predicted octanol–water partition coefficient (Wildman–Crippen LogP) is 5.26. The summed E-state index contributed by atoms with van der Waals surface area (Å²) in [5, 5.41) is 0. The van der Waals surface area contributed by atoms with E-state index < -0.39 is 0 Å². The predicted molar refractivity (Wildman–Crippen MR) is 98.9 cm³/mol. The molecular formula is C22H20O3. The molecular weight excluding hydrogens is 312 g/mol. The molecule has 0 bridgehead atoms. The third kappa shape index (κ3) is 2.93. The van der Waals surface area contributed by atoms with Gasteiger partial charge in [-0.1, -0.05) is 42.5 Å². The Labute approximate surface area is 147 Å². The Morgan fingerprint density at radius 1 is 0.760 bits per heavy atom. The molecule has 3 nitrogen and oxygen atoms in total. The van der Waals surface area contributed by atoms with E-state index in [4.69, 9.17) is 14.2 Å². The van der Waals surface area contributed by atoms with Crippen LogP contribution in [0.1, 0.15) is 11.1 Å². The third-order valence-electron chi connectivity index (χ3n) is 4.64. The molecule has 0 spiro atoms. The lowest BCUT2D eigenvalue weighted by molar-refractivity contribution is 0.383. The Morgan fingerprint density at radius 2 is 1.60 bits per heavy atom. The minimum atomic E-state index is 0.735. The van der Waals surface area contributed by atoms with E-state index in [1.165, 1.54) is 11.1 Å². The molecule has 1 aliphatic rings. The van der Waals surface area contributed by atoms with Crippen LogP contribution in [0.2, 0.25) is 0 Å². The number of methoxy groups -OCH3 is 2. The van der Waals surface area contributed by atoms with Crippen LogP contribution in [0.5, 0.6) is 23.0 Å². The molecule has 1 heterocycles. The average molecular weight is 332 g/mol. The monoisotopic (exact) mass is 332 g/mol. The van der Waals surface area contributed by atoms with E-state index in [-0.39, 0.29) is 0 Å². The summed E-state index contributed by atoms with van der Waals surface area (Å²) >= 11 is 0. The molecule has 0 aromatic heterocycles. The van der Waals surface area contributed by atoms with E-state index in [0.29, 0.717) is 0 Å². The van der Waals surface area contributed by atoms with Crippen molar-refractivity contribution in [3.8, 4) is 34.1 Å². The molecule has 0 radical (unpaired) electrons. The summed E-state index contributed by atoms with van der Waals surface area (Å²) in [5.74, 6) is 3.25. The van der Waals surface area contributed by atoms with Gasteiger partial charge in [-0.05, 0) is 35.6 Å². The van der Waals surface area contributed by atoms with Gasteiger partial charge in [-0.2, -0.15) is 0 Å². The molecule has 0 amide bonds. The Morgan fingerprint density at radius 3 is 2.36 bits per heavy atom. The lowest BCUT2D eigenvalue weighted by atomic mass is 10.00. The largest absolute Gasteiger partial charge is 0.496 e. The van der Waals surface area contributed by atoms with Gasteiger partial charge in [0.05, 0.1) is 14.2 Å². The van der Waals surface area contributed by atoms with Crippen molar-refractivity contribution in [2.45, 2.75) is 12.8 Å². The van der Waals surface area contributed by atoms with Crippen LogP contribution in [0.15, 0.2) is 60.7 Å². The maximum Gasteiger partial charge on any atom is 0.138 e. The Balaban J connectivity index is 1.78. The van der Waals surface area contributed by atoms with Gasteiger partial charge in [-0.25, -0.2) is 0 Å². The fraction of sp³-hybridized carbons (Fsp3) is 0.182. The van der Waals surface area contributed by atoms with Crippen LogP contribution in [0.3, 0.4) is 0 Å². The minimum Gasteiger partial charge on any atom is -0.496 e. The van der Waals surface area contributed by atoms with Crippen molar-refractivity contribution in [2.75, 3.05) is 14.2 Å². The van der Waals surface area contributed by atoms with Crippen molar-refractivity contribution >= 4 is 0 Å². The summed E-state index contributed by atoms with van der Waals surface area (Å²) in [4.78, 5) is 0. The van der Waals surface area contributed by atoms with E-state index in [1.807, 2.05) is 30.3 Å². The molecule has 1 aliphatic heterocycles. The van der Waals surface area contributed by atoms with Crippen molar-refractivity contribution in [2.24, 2.45) is 0 Å². The molecule has 4 rings (SSSR count). The van der Waals surface area contributed by atoms with Crippen molar-refractivity contribution in [1.29, 1.82) is 0 Å². The van der Waals surface area contributed by atoms with E-state index in [0.717, 1.165) is 47.0 Å². The van der Waals surface area contributed by atoms with Gasteiger partial charge in [0.25, 0.3) is 0 Å². The third-order valence-corrected chi connectivity index (χ3v) is 4.64. The van der Waals surface area contributed by atoms with Gasteiger partial charge in [0, 0.05) is 17.7 Å². The first-order valence-corrected chi connectivity index (χ1v) is 8.39. The van der Waals surface area contributed by atoms with Crippen LogP contribution < -0.4 is 14.2 Å². The van der Waals surface area contributed by atoms with Crippen LogP contribution >= 0.6 is 0 Å². The van der Waals surface area contributed by atoms with Gasteiger partial charge in [-0.3, -0.25) is 0 Å². The highest BCUT2D eigenvalue weighted by molar-refractivity contribution is 5.67. The molecule has 0 unspecified atom stereocenters. The van der Waals surface area contributed by atoms with Gasteiger partial charge < -0.3 is 14.2 Å². The second-order valence-electron chi connectivity index (χ2n) is 6.10. The number of fused-ring (bicyclic) bond motifs is 2. The molecule has 25 heavy (non-hydrogen) atoms. The smallest absolute Gasteiger partial charge is 0.138 e. The second-order valence-corrected chi connectivity index (χ2v) is 6.10. The summed E-state index contributed by atoms with van der Waals surface area (Å²) in [6.45, 7) is 0. The standard InChI is InChI=1S/C22H20O3/c1-23-18-13-21(24-2)19-11-10-16-8-9-17(15-6-4-3-5-7-15)12-20(16)25-22(19)14-18/h3-9,12-14H,10-11H2,1-2H3. The first kappa shape index (κ1) is 15.6. The maximum absolute atomic E-state index is 6.29. The van der Waals surface area contributed by atoms with Crippen molar-refractivity contribution < 1.29 is 14.2 Å². The van der Waals surface area contributed by atoms with Gasteiger partial charge >= 0.3 is 0 Å². The number of hydrogen-bond donors (Lipinski definition) is 0. The molecule has 0 aliphatic carbocycles. The van der Waals surface area contributed by atoms with Crippen molar-refractivity contribution in [3.05, 3.63) is 71.8 Å². The number of hydrogen-bond acceptors (Lipinski definition) is 3. The fourth-order valence-corrected chi connectivity index (χ4v) is 3.28. The topological polar surface area (TPSA) is 27.7 Å². The van der Waals surface area contributed by atoms with E-state index in [2.05, 4.69) is 30.3 Å². The first-order chi connectivity index (χ1) is 12.3. The zero-order valence-electron chi connectivity index (χ0n) is 14.4. The van der Waals surface area contributed by atoms with E-state index in [9.17, 15) is 0 Å². The van der Waals surface area contributed by atoms with Crippen molar-refractivity contribution in [1.82, 2.24) is 0 Å². The molecule has 0 fully saturated rings. The molecule has 0 saturated heterocycles. The highest BCUT2D eigenvalue weighted by Gasteiger charge is 2.20. The van der Waals surface area contributed by atoms with Gasteiger partial charge in [0.2, 0.25) is 0 Å². The average Bonchev–Trinajstić information content (AvgIpc) is 2.86. The van der Waals surface area contributed by atoms with Gasteiger partial charge in [0.1, 0.15) is 23.0 Å². The molecule has 126 valence electrons. The molecule has 0 atom stereocenters. The van der Waals surface area contributed by atoms with Crippen LogP contribution in [-0.4, -0.2) is 14.2 Å². The zero-order valence-corrected chi connectivity index (χ0v) is 14.4. The fourth-order valence-electron chi connectivity index (χ4n) is 3.28. The number of rotatable bonds is 3. The number of aryl methyl sites for hydroxylation is 1.